The fourth-order valence-corrected chi connectivity index (χ4v) is 9.11. The zero-order valence-electron chi connectivity index (χ0n) is 40.0. The van der Waals surface area contributed by atoms with Crippen molar-refractivity contribution in [2.45, 2.75) is 198 Å². The van der Waals surface area contributed by atoms with Gasteiger partial charge in [-0.05, 0) is 74.9 Å². The van der Waals surface area contributed by atoms with Crippen molar-refractivity contribution in [2.24, 2.45) is 23.7 Å². The van der Waals surface area contributed by atoms with Crippen LogP contribution in [0.2, 0.25) is 0 Å². The molecule has 0 aromatic carbocycles. The van der Waals surface area contributed by atoms with E-state index in [4.69, 9.17) is 38.6 Å². The smallest absolute Gasteiger partial charge is 0.550 e. The molecule has 21 nitrogen and oxygen atoms in total. The molecular formula is C43H73NO20Zn. The van der Waals surface area contributed by atoms with Crippen LogP contribution >= 0.6 is 0 Å². The van der Waals surface area contributed by atoms with Gasteiger partial charge in [0.15, 0.2) is 12.6 Å². The van der Waals surface area contributed by atoms with Crippen molar-refractivity contribution in [3.63, 3.8) is 0 Å². The summed E-state index contributed by atoms with van der Waals surface area (Å²) in [5.74, 6) is -10.6. The van der Waals surface area contributed by atoms with Crippen LogP contribution < -0.4 is 10.2 Å². The Balaban J connectivity index is 0.00000131. The maximum Gasteiger partial charge on any atom is 2.00 e. The first kappa shape index (κ1) is 60.7. The monoisotopic (exact) mass is 987 g/mol. The summed E-state index contributed by atoms with van der Waals surface area (Å²) < 4.78 is 37.1. The van der Waals surface area contributed by atoms with Crippen LogP contribution in [0.25, 0.3) is 0 Å². The number of nitrogens with zero attached hydrogens (tertiary/aromatic N) is 1. The predicted octanol–water partition coefficient (Wildman–Crippen LogP) is -2.13. The number of hydrogen-bond donors (Lipinski definition) is 7. The molecule has 3 heterocycles. The van der Waals surface area contributed by atoms with Gasteiger partial charge in [0.2, 0.25) is 0 Å². The number of cyclic esters (lactones) is 1. The Morgan fingerprint density at radius 2 is 1.46 bits per heavy atom. The Morgan fingerprint density at radius 3 is 1.94 bits per heavy atom. The Kier molecular flexibility index (Phi) is 22.7. The third-order valence-corrected chi connectivity index (χ3v) is 13.1. The molecule has 0 bridgehead atoms. The molecule has 0 amide bonds. The molecule has 0 saturated carbocycles. The molecular weight excluding hydrogens is 916 g/mol. The van der Waals surface area contributed by atoms with E-state index in [1.54, 1.807) is 41.5 Å². The van der Waals surface area contributed by atoms with Crippen LogP contribution in [0, 0.1) is 23.7 Å². The molecule has 372 valence electrons. The summed E-state index contributed by atoms with van der Waals surface area (Å²) in [4.78, 5) is 59.9. The zero-order chi connectivity index (χ0) is 49.6. The number of carboxylic acid groups (broad SMARTS) is 3. The standard InChI is InChI=1S/C37H67NO13.C6H8O7.Zn/c1-14-25-37(10,45)30(41)20(4)27(39)18(2)16-35(8,44)32(51-34-28(40)24(38(11)12)15-19(3)47-34)21(5)29(22(6)33(43)49-25)50-26-17-36(9,46-13)31(42)23(7)48-26;7-3(8)1-6(13,5(11)12)2-4(9)10;/h18-26,28-32,34,40-42,44-45H,14-17H2,1-13H3;13H,1-2H2,(H,7,8)(H,9,10)(H,11,12);/q;;+2/p-2/t18-,19-,20+,21+,22-,23+,24+,25-,26+,28-,29+,30-,31+,32-,34+,35-,36-,37-;;/m1../s1. The van der Waals surface area contributed by atoms with E-state index in [1.165, 1.54) is 27.9 Å². The van der Waals surface area contributed by atoms with Gasteiger partial charge in [-0.15, -0.1) is 0 Å². The normalized spacial score (nSPS) is 41.9. The van der Waals surface area contributed by atoms with Gasteiger partial charge in [0.05, 0.1) is 60.0 Å². The van der Waals surface area contributed by atoms with E-state index in [0.29, 0.717) is 6.42 Å². The van der Waals surface area contributed by atoms with Crippen LogP contribution in [0.4, 0.5) is 0 Å². The molecule has 65 heavy (non-hydrogen) atoms. The van der Waals surface area contributed by atoms with Crippen molar-refractivity contribution in [1.29, 1.82) is 0 Å². The molecule has 0 aromatic heterocycles. The van der Waals surface area contributed by atoms with Crippen LogP contribution in [0.1, 0.15) is 108 Å². The minimum absolute atomic E-state index is 0. The van der Waals surface area contributed by atoms with Crippen molar-refractivity contribution in [3.8, 4) is 0 Å². The molecule has 0 aliphatic carbocycles. The molecule has 7 N–H and O–H groups in total. The predicted molar refractivity (Wildman–Crippen MR) is 218 cm³/mol. The fraction of sp³-hybridized carbons (Fsp3) is 0.884. The second-order valence-electron chi connectivity index (χ2n) is 18.9. The third-order valence-electron chi connectivity index (χ3n) is 13.1. The van der Waals surface area contributed by atoms with Crippen LogP contribution in [0.3, 0.4) is 0 Å². The van der Waals surface area contributed by atoms with E-state index in [9.17, 15) is 59.7 Å². The average molecular weight is 989 g/mol. The molecule has 0 spiro atoms. The number of likely N-dealkylation sites (N-methyl/N-ethyl adjacent to an activating group) is 1. The Bertz CT molecular complexity index is 1580. The van der Waals surface area contributed by atoms with Gasteiger partial charge < -0.3 is 88.9 Å². The second-order valence-corrected chi connectivity index (χ2v) is 18.9. The number of ether oxygens (including phenoxy) is 6. The molecule has 19 atom stereocenters. The first-order valence-corrected chi connectivity index (χ1v) is 21.6. The van der Waals surface area contributed by atoms with Gasteiger partial charge in [-0.2, -0.15) is 0 Å². The first-order valence-electron chi connectivity index (χ1n) is 21.6. The largest absolute Gasteiger partial charge is 2.00 e. The molecule has 3 aliphatic rings. The maximum atomic E-state index is 14.1. The van der Waals surface area contributed by atoms with Gasteiger partial charge in [0.25, 0.3) is 0 Å². The molecule has 3 fully saturated rings. The summed E-state index contributed by atoms with van der Waals surface area (Å²) in [5.41, 5.74) is -7.75. The Labute approximate surface area is 393 Å². The number of carbonyl (C=O) groups excluding carboxylic acids is 4. The summed E-state index contributed by atoms with van der Waals surface area (Å²) in [6.45, 7) is 16.3. The van der Waals surface area contributed by atoms with E-state index in [-0.39, 0.29) is 50.9 Å². The molecule has 1 unspecified atom stereocenters. The van der Waals surface area contributed by atoms with Crippen molar-refractivity contribution in [3.05, 3.63) is 0 Å². The van der Waals surface area contributed by atoms with Crippen LogP contribution in [-0.4, -0.2) is 181 Å². The number of carboxylic acids is 3. The number of aliphatic hydroxyl groups excluding tert-OH is 3. The summed E-state index contributed by atoms with van der Waals surface area (Å²) in [6.07, 6.45) is -12.3. The van der Waals surface area contributed by atoms with E-state index >= 15 is 0 Å². The van der Waals surface area contributed by atoms with Crippen molar-refractivity contribution >= 4 is 29.7 Å². The van der Waals surface area contributed by atoms with E-state index in [2.05, 4.69) is 0 Å². The minimum Gasteiger partial charge on any atom is -0.550 e. The number of hydrogen-bond acceptors (Lipinski definition) is 20. The van der Waals surface area contributed by atoms with Gasteiger partial charge in [0.1, 0.15) is 35.3 Å². The molecule has 3 rings (SSSR count). The third kappa shape index (κ3) is 15.1. The maximum absolute atomic E-state index is 14.1. The SMILES string of the molecule is CC[C@H]1OC(=O)[C@H](C)[C@@H](O[C@H]2C[C@@](C)(OC)[C@@H](O)[C@H](C)O2)[C@H](C)[C@@H](O[C@@H]2O[C@H](C)C[C@H](N(C)C)[C@H]2O)[C@](C)(O)C[C@@H](C)C(=O)[C@H](C)[C@@H](O)[C@]1(C)O.O=C([O-])CC(O)(CC(=O)O)C(=O)[O-].[Zn+2]. The summed E-state index contributed by atoms with van der Waals surface area (Å²) in [7, 11) is 5.18. The van der Waals surface area contributed by atoms with Crippen molar-refractivity contribution < 1.29 is 118 Å². The van der Waals surface area contributed by atoms with E-state index in [0.717, 1.165) is 0 Å². The zero-order valence-corrected chi connectivity index (χ0v) is 43.0. The number of carbonyl (C=O) groups is 5. The van der Waals surface area contributed by atoms with Crippen LogP contribution in [-0.2, 0) is 71.9 Å². The number of aliphatic hydroxyl groups is 6. The Morgan fingerprint density at radius 1 is 0.892 bits per heavy atom. The summed E-state index contributed by atoms with van der Waals surface area (Å²) in [5, 5.41) is 94.8. The molecule has 22 heteroatoms. The second kappa shape index (κ2) is 24.3. The summed E-state index contributed by atoms with van der Waals surface area (Å²) >= 11 is 0. The van der Waals surface area contributed by atoms with Crippen molar-refractivity contribution in [2.75, 3.05) is 21.2 Å². The summed E-state index contributed by atoms with van der Waals surface area (Å²) in [6, 6.07) is -0.324. The van der Waals surface area contributed by atoms with Gasteiger partial charge in [-0.3, -0.25) is 14.4 Å². The molecule has 3 aliphatic heterocycles. The number of aliphatic carboxylic acids is 3. The molecule has 0 radical (unpaired) electrons. The quantitative estimate of drug-likeness (QED) is 0.0811. The van der Waals surface area contributed by atoms with Gasteiger partial charge in [-0.25, -0.2) is 0 Å². The Hall–Kier alpha value is -2.31. The van der Waals surface area contributed by atoms with Crippen LogP contribution in [0.15, 0.2) is 0 Å². The topological polar surface area (TPSA) is 332 Å². The minimum atomic E-state index is -2.91. The number of esters is 1. The number of methoxy groups -OCH3 is 1. The molecule has 3 saturated heterocycles. The van der Waals surface area contributed by atoms with E-state index in [1.807, 2.05) is 25.9 Å². The first-order chi connectivity index (χ1) is 29.2. The van der Waals surface area contributed by atoms with Gasteiger partial charge in [0, 0.05) is 49.7 Å². The van der Waals surface area contributed by atoms with Crippen LogP contribution in [0.5, 0.6) is 0 Å². The van der Waals surface area contributed by atoms with Crippen molar-refractivity contribution in [1.82, 2.24) is 4.90 Å². The average Bonchev–Trinajstić information content (AvgIpc) is 3.18. The number of Topliss-reactive ketones (excluding diaryl/α,β-unsaturated/α-hetero) is 1. The molecule has 0 aromatic rings. The number of ketones is 1. The van der Waals surface area contributed by atoms with E-state index < -0.39 is 144 Å². The number of rotatable bonds is 12. The van der Waals surface area contributed by atoms with Gasteiger partial charge >= 0.3 is 31.4 Å². The van der Waals surface area contributed by atoms with Gasteiger partial charge in [-0.1, -0.05) is 27.7 Å². The fourth-order valence-electron chi connectivity index (χ4n) is 9.11.